The van der Waals surface area contributed by atoms with Crippen LogP contribution >= 0.6 is 0 Å². The van der Waals surface area contributed by atoms with E-state index >= 15 is 0 Å². The molecular formula is C19H32N4O8. The number of nitrogens with one attached hydrogen (secondary N) is 2. The van der Waals surface area contributed by atoms with Crippen LogP contribution in [0.25, 0.3) is 0 Å². The molecule has 0 spiro atoms. The maximum absolute atomic E-state index is 12.9. The highest BCUT2D eigenvalue weighted by atomic mass is 16.4. The minimum Gasteiger partial charge on any atom is -0.481 e. The number of carboxylic acid groups (broad SMARTS) is 2. The molecule has 0 aromatic rings. The van der Waals surface area contributed by atoms with Crippen LogP contribution in [-0.4, -0.2) is 86.7 Å². The predicted octanol–water partition coefficient (Wildman–Crippen LogP) is -1.74. The molecule has 0 saturated carbocycles. The van der Waals surface area contributed by atoms with Gasteiger partial charge in [0.25, 0.3) is 0 Å². The summed E-state index contributed by atoms with van der Waals surface area (Å²) in [6.45, 7) is 4.84. The van der Waals surface area contributed by atoms with Gasteiger partial charge in [0.2, 0.25) is 17.7 Å². The summed E-state index contributed by atoms with van der Waals surface area (Å²) in [5, 5.41) is 32.9. The number of likely N-dealkylation sites (tertiary alicyclic amines) is 1. The zero-order chi connectivity index (χ0) is 23.9. The van der Waals surface area contributed by atoms with Gasteiger partial charge in [0.15, 0.2) is 0 Å². The van der Waals surface area contributed by atoms with E-state index in [1.807, 2.05) is 0 Å². The molecule has 1 rings (SSSR count). The largest absolute Gasteiger partial charge is 0.481 e. The van der Waals surface area contributed by atoms with Crippen molar-refractivity contribution < 1.29 is 39.3 Å². The van der Waals surface area contributed by atoms with E-state index in [2.05, 4.69) is 10.6 Å². The second-order valence-electron chi connectivity index (χ2n) is 8.02. The van der Waals surface area contributed by atoms with E-state index < -0.39 is 66.4 Å². The zero-order valence-electron chi connectivity index (χ0n) is 17.9. The Morgan fingerprint density at radius 3 is 2.16 bits per heavy atom. The molecule has 0 aromatic carbocycles. The Morgan fingerprint density at radius 1 is 1.06 bits per heavy atom. The number of aliphatic hydroxyl groups excluding tert-OH is 1. The molecule has 7 N–H and O–H groups in total. The van der Waals surface area contributed by atoms with Gasteiger partial charge in [-0.2, -0.15) is 0 Å². The van der Waals surface area contributed by atoms with Crippen molar-refractivity contribution in [3.8, 4) is 0 Å². The molecule has 5 atom stereocenters. The lowest BCUT2D eigenvalue weighted by atomic mass is 10.0. The average molecular weight is 444 g/mol. The van der Waals surface area contributed by atoms with Crippen molar-refractivity contribution in [2.75, 3.05) is 6.54 Å². The van der Waals surface area contributed by atoms with Crippen LogP contribution in [0.3, 0.4) is 0 Å². The first kappa shape index (κ1) is 26.3. The minimum absolute atomic E-state index is 0.162. The summed E-state index contributed by atoms with van der Waals surface area (Å²) in [5.74, 6) is -4.93. The highest BCUT2D eigenvalue weighted by Crippen LogP contribution is 2.19. The lowest BCUT2D eigenvalue weighted by Gasteiger charge is -2.29. The van der Waals surface area contributed by atoms with Crippen molar-refractivity contribution in [1.29, 1.82) is 0 Å². The molecular weight excluding hydrogens is 412 g/mol. The molecule has 0 unspecified atom stereocenters. The van der Waals surface area contributed by atoms with Gasteiger partial charge in [-0.05, 0) is 32.1 Å². The standard InChI is InChI=1S/C19H32N4O8/c1-9(2)14(20)16(27)22-15(10(3)24)17(28)21-11(6-7-13(25)26)18(29)23-8-4-5-12(23)19(30)31/h9-12,14-15,24H,4-8,20H2,1-3H3,(H,21,28)(H,22,27)(H,25,26)(H,30,31)/t10-,11+,12+,14+,15+/m1/s1. The van der Waals surface area contributed by atoms with Crippen LogP contribution in [0.2, 0.25) is 0 Å². The third-order valence-corrected chi connectivity index (χ3v) is 5.17. The van der Waals surface area contributed by atoms with E-state index in [1.54, 1.807) is 13.8 Å². The third kappa shape index (κ3) is 7.47. The molecule has 1 fully saturated rings. The topological polar surface area (TPSA) is 199 Å². The monoisotopic (exact) mass is 444 g/mol. The van der Waals surface area contributed by atoms with Gasteiger partial charge in [0.05, 0.1) is 12.1 Å². The molecule has 12 heteroatoms. The number of carbonyl (C=O) groups excluding carboxylic acids is 3. The van der Waals surface area contributed by atoms with E-state index in [0.717, 1.165) is 4.90 Å². The fourth-order valence-corrected chi connectivity index (χ4v) is 3.23. The van der Waals surface area contributed by atoms with Gasteiger partial charge in [0.1, 0.15) is 18.1 Å². The molecule has 0 aliphatic carbocycles. The molecule has 3 amide bonds. The van der Waals surface area contributed by atoms with Crippen molar-refractivity contribution in [1.82, 2.24) is 15.5 Å². The van der Waals surface area contributed by atoms with Gasteiger partial charge in [-0.25, -0.2) is 4.79 Å². The maximum atomic E-state index is 12.9. The zero-order valence-corrected chi connectivity index (χ0v) is 17.9. The summed E-state index contributed by atoms with van der Waals surface area (Å²) in [7, 11) is 0. The van der Waals surface area contributed by atoms with E-state index in [0.29, 0.717) is 6.42 Å². The first-order valence-electron chi connectivity index (χ1n) is 10.2. The van der Waals surface area contributed by atoms with Crippen molar-refractivity contribution in [2.24, 2.45) is 11.7 Å². The summed E-state index contributed by atoms with van der Waals surface area (Å²) < 4.78 is 0. The Balaban J connectivity index is 3.01. The fourth-order valence-electron chi connectivity index (χ4n) is 3.23. The number of amides is 3. The molecule has 0 radical (unpaired) electrons. The summed E-state index contributed by atoms with van der Waals surface area (Å²) in [4.78, 5) is 61.4. The van der Waals surface area contributed by atoms with Crippen LogP contribution in [-0.2, 0) is 24.0 Å². The number of aliphatic hydroxyl groups is 1. The van der Waals surface area contributed by atoms with Crippen LogP contribution < -0.4 is 16.4 Å². The van der Waals surface area contributed by atoms with E-state index in [1.165, 1.54) is 6.92 Å². The molecule has 1 heterocycles. The van der Waals surface area contributed by atoms with E-state index in [9.17, 15) is 34.2 Å². The van der Waals surface area contributed by atoms with Crippen molar-refractivity contribution in [3.05, 3.63) is 0 Å². The molecule has 12 nitrogen and oxygen atoms in total. The van der Waals surface area contributed by atoms with E-state index in [4.69, 9.17) is 10.8 Å². The number of nitrogens with two attached hydrogens (primary N) is 1. The Hall–Kier alpha value is -2.73. The Bertz CT molecular complexity index is 696. The Kier molecular flexibility index (Phi) is 9.85. The molecule has 1 aliphatic heterocycles. The van der Waals surface area contributed by atoms with Crippen molar-refractivity contribution in [3.63, 3.8) is 0 Å². The Labute approximate surface area is 180 Å². The Morgan fingerprint density at radius 2 is 1.68 bits per heavy atom. The quantitative estimate of drug-likeness (QED) is 0.214. The molecule has 176 valence electrons. The summed E-state index contributed by atoms with van der Waals surface area (Å²) in [6.07, 6.45) is -1.36. The van der Waals surface area contributed by atoms with Crippen LogP contribution in [0.5, 0.6) is 0 Å². The fraction of sp³-hybridized carbons (Fsp3) is 0.737. The number of aliphatic carboxylic acids is 2. The normalized spacial score (nSPS) is 19.9. The number of nitrogens with zero attached hydrogens (tertiary/aromatic N) is 1. The van der Waals surface area contributed by atoms with Gasteiger partial charge in [-0.15, -0.1) is 0 Å². The van der Waals surface area contributed by atoms with Crippen LogP contribution in [0, 0.1) is 5.92 Å². The molecule has 0 aromatic heterocycles. The van der Waals surface area contributed by atoms with Gasteiger partial charge < -0.3 is 36.6 Å². The van der Waals surface area contributed by atoms with Gasteiger partial charge in [-0.3, -0.25) is 19.2 Å². The van der Waals surface area contributed by atoms with Gasteiger partial charge in [-0.1, -0.05) is 13.8 Å². The average Bonchev–Trinajstić information content (AvgIpc) is 3.17. The first-order valence-corrected chi connectivity index (χ1v) is 10.2. The second-order valence-corrected chi connectivity index (χ2v) is 8.02. The lowest BCUT2D eigenvalue weighted by Crippen LogP contribution is -2.60. The number of carbonyl (C=O) groups is 5. The van der Waals surface area contributed by atoms with Crippen LogP contribution in [0.4, 0.5) is 0 Å². The molecule has 31 heavy (non-hydrogen) atoms. The first-order chi connectivity index (χ1) is 14.4. The third-order valence-electron chi connectivity index (χ3n) is 5.17. The summed E-state index contributed by atoms with van der Waals surface area (Å²) in [6, 6.07) is -4.76. The highest BCUT2D eigenvalue weighted by Gasteiger charge is 2.39. The van der Waals surface area contributed by atoms with Crippen molar-refractivity contribution >= 4 is 29.7 Å². The van der Waals surface area contributed by atoms with Crippen molar-refractivity contribution in [2.45, 2.75) is 76.7 Å². The summed E-state index contributed by atoms with van der Waals surface area (Å²) >= 11 is 0. The summed E-state index contributed by atoms with van der Waals surface area (Å²) in [5.41, 5.74) is 5.76. The number of carboxylic acids is 2. The predicted molar refractivity (Wildman–Crippen MR) is 108 cm³/mol. The second kappa shape index (κ2) is 11.6. The minimum atomic E-state index is -1.44. The highest BCUT2D eigenvalue weighted by molar-refractivity contribution is 5.94. The number of rotatable bonds is 11. The van der Waals surface area contributed by atoms with E-state index in [-0.39, 0.29) is 25.3 Å². The molecule has 1 saturated heterocycles. The maximum Gasteiger partial charge on any atom is 0.326 e. The molecule has 1 aliphatic rings. The SMILES string of the molecule is CC(C)[C@H](N)C(=O)N[C@H](C(=O)N[C@@H](CCC(=O)O)C(=O)N1CCC[C@H]1C(=O)O)[C@@H](C)O. The van der Waals surface area contributed by atoms with Gasteiger partial charge in [0, 0.05) is 13.0 Å². The van der Waals surface area contributed by atoms with Crippen LogP contribution in [0.1, 0.15) is 46.5 Å². The van der Waals surface area contributed by atoms with Gasteiger partial charge >= 0.3 is 11.9 Å². The lowest BCUT2D eigenvalue weighted by molar-refractivity contribution is -0.150. The number of hydrogen-bond acceptors (Lipinski definition) is 7. The number of hydrogen-bond donors (Lipinski definition) is 6. The van der Waals surface area contributed by atoms with Crippen LogP contribution in [0.15, 0.2) is 0 Å². The smallest absolute Gasteiger partial charge is 0.326 e. The molecule has 0 bridgehead atoms.